The predicted molar refractivity (Wildman–Crippen MR) is 170 cm³/mol. The van der Waals surface area contributed by atoms with E-state index in [1.807, 2.05) is 35.9 Å². The molecule has 45 heavy (non-hydrogen) atoms. The summed E-state index contributed by atoms with van der Waals surface area (Å²) in [5.41, 5.74) is 2.50. The zero-order valence-corrected chi connectivity index (χ0v) is 25.5. The van der Waals surface area contributed by atoms with Crippen LogP contribution in [0.1, 0.15) is 68.6 Å². The summed E-state index contributed by atoms with van der Waals surface area (Å²) in [6.45, 7) is 5.40. The fraction of sp³-hybridized carbons (Fsp3) is 0.206. The molecule has 3 unspecified atom stereocenters. The van der Waals surface area contributed by atoms with E-state index in [0.717, 1.165) is 11.1 Å². The van der Waals surface area contributed by atoms with Gasteiger partial charge in [-0.3, -0.25) is 39.6 Å². The molecule has 0 saturated heterocycles. The lowest BCUT2D eigenvalue weighted by atomic mass is 9.92. The van der Waals surface area contributed by atoms with Crippen LogP contribution in [0.2, 0.25) is 5.02 Å². The van der Waals surface area contributed by atoms with Gasteiger partial charge in [0.15, 0.2) is 0 Å². The molecule has 2 aliphatic rings. The number of rotatable bonds is 8. The van der Waals surface area contributed by atoms with Crippen LogP contribution in [0.3, 0.4) is 0 Å². The first-order valence-electron chi connectivity index (χ1n) is 14.7. The molecule has 3 heterocycles. The molecule has 1 aromatic heterocycles. The molecule has 3 atom stereocenters. The Hall–Kier alpha value is -4.90. The second kappa shape index (κ2) is 10.9. The number of hydrogen-bond acceptors (Lipinski definition) is 7. The molecule has 0 bridgehead atoms. The Morgan fingerprint density at radius 1 is 0.711 bits per heavy atom. The van der Waals surface area contributed by atoms with Crippen LogP contribution in [0, 0.1) is 0 Å². The molecule has 0 saturated carbocycles. The highest BCUT2D eigenvalue weighted by Gasteiger charge is 2.39. The second-order valence-electron chi connectivity index (χ2n) is 11.3. The predicted octanol–water partition coefficient (Wildman–Crippen LogP) is 5.33. The van der Waals surface area contributed by atoms with Gasteiger partial charge >= 0.3 is 0 Å². The van der Waals surface area contributed by atoms with Crippen LogP contribution in [0.4, 0.5) is 0 Å². The Kier molecular flexibility index (Phi) is 7.00. The highest BCUT2D eigenvalue weighted by molar-refractivity contribution is 6.38. The van der Waals surface area contributed by atoms with Crippen molar-refractivity contribution in [2.75, 3.05) is 0 Å². The third-order valence-corrected chi connectivity index (χ3v) is 8.98. The molecule has 11 heteroatoms. The minimum atomic E-state index is -0.712. The summed E-state index contributed by atoms with van der Waals surface area (Å²) in [6, 6.07) is 17.6. The monoisotopic (exact) mass is 620 g/mol. The highest BCUT2D eigenvalue weighted by atomic mass is 35.5. The lowest BCUT2D eigenvalue weighted by molar-refractivity contribution is 0.0473. The van der Waals surface area contributed by atoms with E-state index >= 15 is 0 Å². The maximum Gasteiger partial charge on any atom is 0.262 e. The summed E-state index contributed by atoms with van der Waals surface area (Å²) < 4.78 is 1.85. The molecular formula is C34H29ClN6O4. The quantitative estimate of drug-likeness (QED) is 0.178. The van der Waals surface area contributed by atoms with E-state index in [2.05, 4.69) is 15.6 Å². The number of nitrogens with zero attached hydrogens (tertiary/aromatic N) is 4. The number of hydrogen-bond donors (Lipinski definition) is 2. The van der Waals surface area contributed by atoms with Gasteiger partial charge in [0.1, 0.15) is 0 Å². The third-order valence-electron chi connectivity index (χ3n) is 8.65. The van der Waals surface area contributed by atoms with Crippen molar-refractivity contribution in [3.63, 3.8) is 0 Å². The Balaban J connectivity index is 1.13. The van der Waals surface area contributed by atoms with Gasteiger partial charge in [0, 0.05) is 61.2 Å². The van der Waals surface area contributed by atoms with Crippen molar-refractivity contribution in [1.82, 2.24) is 30.0 Å². The van der Waals surface area contributed by atoms with E-state index < -0.39 is 42.1 Å². The first kappa shape index (κ1) is 28.8. The molecular weight excluding hydrogens is 592 g/mol. The van der Waals surface area contributed by atoms with Gasteiger partial charge in [0.2, 0.25) is 0 Å². The van der Waals surface area contributed by atoms with Gasteiger partial charge < -0.3 is 4.57 Å². The highest BCUT2D eigenvalue weighted by Crippen LogP contribution is 2.36. The fourth-order valence-corrected chi connectivity index (χ4v) is 6.74. The summed E-state index contributed by atoms with van der Waals surface area (Å²) >= 11 is 6.36. The van der Waals surface area contributed by atoms with Crippen LogP contribution in [-0.4, -0.2) is 61.5 Å². The number of aromatic nitrogens is 2. The van der Waals surface area contributed by atoms with Gasteiger partial charge in [-0.2, -0.15) is 0 Å². The van der Waals surface area contributed by atoms with Crippen molar-refractivity contribution in [2.24, 2.45) is 0 Å². The molecule has 0 aliphatic carbocycles. The average Bonchev–Trinajstić information content (AvgIpc) is 3.57. The van der Waals surface area contributed by atoms with Crippen LogP contribution in [-0.2, 0) is 0 Å². The largest absolute Gasteiger partial charge is 0.306 e. The van der Waals surface area contributed by atoms with Gasteiger partial charge in [-0.25, -0.2) is 4.98 Å². The lowest BCUT2D eigenvalue weighted by Gasteiger charge is -2.37. The van der Waals surface area contributed by atoms with Crippen molar-refractivity contribution in [3.05, 3.63) is 107 Å². The number of imide groups is 2. The second-order valence-corrected chi connectivity index (χ2v) is 11.7. The molecule has 4 aromatic carbocycles. The molecule has 0 radical (unpaired) electrons. The smallest absolute Gasteiger partial charge is 0.262 e. The molecule has 5 aromatic rings. The van der Waals surface area contributed by atoms with Gasteiger partial charge in [-0.1, -0.05) is 42.8 Å². The number of amides is 4. The molecule has 10 nitrogen and oxygen atoms in total. The number of carbonyl (C=O) groups is 4. The molecule has 0 spiro atoms. The van der Waals surface area contributed by atoms with E-state index in [1.54, 1.807) is 68.8 Å². The van der Waals surface area contributed by atoms with Gasteiger partial charge in [0.25, 0.3) is 23.6 Å². The molecule has 7 rings (SSSR count). The Labute approximate surface area is 263 Å². The van der Waals surface area contributed by atoms with E-state index in [0.29, 0.717) is 49.9 Å². The average molecular weight is 621 g/mol. The van der Waals surface area contributed by atoms with Crippen LogP contribution in [0.25, 0.3) is 27.2 Å². The number of carbonyl (C=O) groups excluding carboxylic acids is 4. The Morgan fingerprint density at radius 3 is 1.76 bits per heavy atom. The van der Waals surface area contributed by atoms with E-state index in [-0.39, 0.29) is 0 Å². The molecule has 226 valence electrons. The van der Waals surface area contributed by atoms with Crippen LogP contribution >= 0.6 is 11.6 Å². The number of imidazole rings is 1. The Morgan fingerprint density at radius 2 is 1.22 bits per heavy atom. The zero-order valence-electron chi connectivity index (χ0n) is 24.7. The topological polar surface area (TPSA) is 117 Å². The van der Waals surface area contributed by atoms with Crippen molar-refractivity contribution in [3.8, 4) is 5.69 Å². The van der Waals surface area contributed by atoms with Gasteiger partial charge in [0.05, 0.1) is 30.5 Å². The van der Waals surface area contributed by atoms with E-state index in [9.17, 15) is 19.2 Å². The number of nitrogens with one attached hydrogen (secondary N) is 2. The molecule has 4 amide bonds. The molecule has 0 fully saturated rings. The third kappa shape index (κ3) is 4.44. The summed E-state index contributed by atoms with van der Waals surface area (Å²) in [5, 5.41) is 9.73. The van der Waals surface area contributed by atoms with E-state index in [4.69, 9.17) is 11.6 Å². The maximum absolute atomic E-state index is 13.8. The lowest BCUT2D eigenvalue weighted by Crippen LogP contribution is -2.61. The van der Waals surface area contributed by atoms with Crippen molar-refractivity contribution in [2.45, 2.75) is 45.7 Å². The fourth-order valence-electron chi connectivity index (χ4n) is 6.52. The van der Waals surface area contributed by atoms with Crippen LogP contribution in [0.5, 0.6) is 0 Å². The molecule has 2 N–H and O–H groups in total. The van der Waals surface area contributed by atoms with E-state index in [1.165, 1.54) is 9.80 Å². The van der Waals surface area contributed by atoms with Crippen molar-refractivity contribution < 1.29 is 19.2 Å². The summed E-state index contributed by atoms with van der Waals surface area (Å²) in [7, 11) is 0. The Bertz CT molecular complexity index is 2020. The minimum Gasteiger partial charge on any atom is -0.306 e. The number of benzene rings is 4. The molecule has 2 aliphatic heterocycles. The van der Waals surface area contributed by atoms with Crippen molar-refractivity contribution >= 4 is 56.8 Å². The summed E-state index contributed by atoms with van der Waals surface area (Å²) in [5.74, 6) is -1.67. The zero-order chi connectivity index (χ0) is 31.6. The first-order valence-corrected chi connectivity index (χ1v) is 15.1. The van der Waals surface area contributed by atoms with Crippen molar-refractivity contribution in [1.29, 1.82) is 0 Å². The van der Waals surface area contributed by atoms with Gasteiger partial charge in [-0.05, 0) is 56.7 Å². The maximum atomic E-state index is 13.8. The SMILES string of the molecule is CCC(NC(C)N1C(=O)c2cccc3c(Cl)ccc(c23)C1=O)NC(C)N1C(=O)c2cccc3c(-n4ccnc4)ccc(c23)C1=O. The van der Waals surface area contributed by atoms with Crippen LogP contribution in [0.15, 0.2) is 79.4 Å². The summed E-state index contributed by atoms with van der Waals surface area (Å²) in [6.07, 6.45) is 3.81. The summed E-state index contributed by atoms with van der Waals surface area (Å²) in [4.78, 5) is 61.4. The van der Waals surface area contributed by atoms with Crippen LogP contribution < -0.4 is 10.6 Å². The van der Waals surface area contributed by atoms with Gasteiger partial charge in [-0.15, -0.1) is 0 Å². The first-order chi connectivity index (χ1) is 21.7. The minimum absolute atomic E-state index is 0.404. The standard InChI is InChI=1S/C34H29ClN6O4/c1-4-28(37-18(2)40-31(42)22-9-5-7-20-26(35)13-11-24(29(20)22)33(40)44)38-19(3)41-32(43)23-10-6-8-21-27(39-16-15-36-17-39)14-12-25(30(21)23)34(41)45/h5-19,28,37-38H,4H2,1-3H3. The number of halogens is 1. The normalized spacial score (nSPS) is 16.5.